The van der Waals surface area contributed by atoms with Gasteiger partial charge in [-0.15, -0.1) is 0 Å². The molecule has 0 radical (unpaired) electrons. The number of carbonyl (C=O) groups is 2. The topological polar surface area (TPSA) is 123 Å². The van der Waals surface area contributed by atoms with E-state index in [4.69, 9.17) is 9.47 Å². The molecule has 2 aromatic heterocycles. The van der Waals surface area contributed by atoms with Gasteiger partial charge in [0.25, 0.3) is 5.92 Å². The molecule has 2 atom stereocenters. The highest BCUT2D eigenvalue weighted by Crippen LogP contribution is 2.43. The zero-order valence-electron chi connectivity index (χ0n) is 27.3. The van der Waals surface area contributed by atoms with Gasteiger partial charge in [-0.2, -0.15) is 44.6 Å². The number of benzene rings is 2. The number of carboxylic acids is 1. The van der Waals surface area contributed by atoms with E-state index in [1.54, 1.807) is 0 Å². The highest BCUT2D eigenvalue weighted by molar-refractivity contribution is 5.89. The number of ether oxygens (including phenoxy) is 2. The molecular formula is C32H23F11N6O5. The van der Waals surface area contributed by atoms with Gasteiger partial charge >= 0.3 is 30.6 Å². The number of carbonyl (C=O) groups excluding carboxylic acids is 1. The number of hydrogen-bond donors (Lipinski definition) is 1. The predicted octanol–water partition coefficient (Wildman–Crippen LogP) is 7.63. The molecule has 1 amide bonds. The number of nitrogens with zero attached hydrogens (tertiary/aromatic N) is 6. The van der Waals surface area contributed by atoms with Crippen LogP contribution < -0.4 is 9.64 Å². The molecule has 54 heavy (non-hydrogen) atoms. The molecule has 2 aromatic carbocycles. The number of aromatic nitrogens is 4. The molecule has 0 bridgehead atoms. The summed E-state index contributed by atoms with van der Waals surface area (Å²) in [5.74, 6) is -5.34. The predicted molar refractivity (Wildman–Crippen MR) is 161 cm³/mol. The lowest BCUT2D eigenvalue weighted by Gasteiger charge is -2.38. The SMILES string of the molecule is COc1ccc(-n2ncc(C(=O)O)c2C(F)(F)F)cc1-c1cnc(N2CC(F)(F)C2)nc1CN1C(=O)OC(c2cc(C(F)(F)F)cc(C(F)(F)F)c2)C1C. The molecule has 2 fully saturated rings. The van der Waals surface area contributed by atoms with Crippen molar-refractivity contribution in [3.8, 4) is 22.6 Å². The Morgan fingerprint density at radius 1 is 0.944 bits per heavy atom. The van der Waals surface area contributed by atoms with Crippen LogP contribution in [0.3, 0.4) is 0 Å². The molecule has 4 heterocycles. The van der Waals surface area contributed by atoms with Crippen molar-refractivity contribution in [2.24, 2.45) is 0 Å². The first-order chi connectivity index (χ1) is 25.0. The number of anilines is 1. The summed E-state index contributed by atoms with van der Waals surface area (Å²) in [7, 11) is 1.18. The quantitative estimate of drug-likeness (QED) is 0.180. The molecule has 2 unspecified atom stereocenters. The minimum atomic E-state index is -5.21. The summed E-state index contributed by atoms with van der Waals surface area (Å²) in [6, 6.07) is 2.83. The van der Waals surface area contributed by atoms with E-state index in [-0.39, 0.29) is 40.3 Å². The zero-order valence-corrected chi connectivity index (χ0v) is 27.3. The third-order valence-corrected chi connectivity index (χ3v) is 8.62. The van der Waals surface area contributed by atoms with Gasteiger partial charge in [0.2, 0.25) is 5.95 Å². The second-order valence-corrected chi connectivity index (χ2v) is 12.3. The van der Waals surface area contributed by atoms with Gasteiger partial charge in [-0.3, -0.25) is 4.90 Å². The van der Waals surface area contributed by atoms with Crippen molar-refractivity contribution in [3.05, 3.63) is 82.4 Å². The van der Waals surface area contributed by atoms with E-state index in [1.165, 1.54) is 20.1 Å². The van der Waals surface area contributed by atoms with Crippen molar-refractivity contribution in [1.29, 1.82) is 0 Å². The van der Waals surface area contributed by atoms with Gasteiger partial charge in [0, 0.05) is 17.3 Å². The van der Waals surface area contributed by atoms with Gasteiger partial charge in [-0.1, -0.05) is 0 Å². The van der Waals surface area contributed by atoms with E-state index in [1.807, 2.05) is 0 Å². The maximum atomic E-state index is 14.1. The van der Waals surface area contributed by atoms with Crippen LogP contribution in [0.2, 0.25) is 0 Å². The number of cyclic esters (lactones) is 1. The molecular weight excluding hydrogens is 757 g/mol. The van der Waals surface area contributed by atoms with E-state index in [2.05, 4.69) is 15.1 Å². The highest BCUT2D eigenvalue weighted by Gasteiger charge is 2.47. The summed E-state index contributed by atoms with van der Waals surface area (Å²) >= 11 is 0. The van der Waals surface area contributed by atoms with Crippen LogP contribution >= 0.6 is 0 Å². The lowest BCUT2D eigenvalue weighted by molar-refractivity contribution is -0.144. The molecule has 2 aliphatic heterocycles. The lowest BCUT2D eigenvalue weighted by Crippen LogP contribution is -2.57. The van der Waals surface area contributed by atoms with Crippen molar-refractivity contribution in [2.45, 2.75) is 50.1 Å². The maximum absolute atomic E-state index is 14.1. The first-order valence-corrected chi connectivity index (χ1v) is 15.3. The van der Waals surface area contributed by atoms with E-state index < -0.39 is 96.2 Å². The van der Waals surface area contributed by atoms with Gasteiger partial charge < -0.3 is 19.5 Å². The summed E-state index contributed by atoms with van der Waals surface area (Å²) in [6.45, 7) is -0.990. The Labute approximate surface area is 295 Å². The van der Waals surface area contributed by atoms with Gasteiger partial charge in [0.05, 0.1) is 61.5 Å². The molecule has 2 saturated heterocycles. The summed E-state index contributed by atoms with van der Waals surface area (Å²) in [5, 5.41) is 12.9. The third kappa shape index (κ3) is 7.15. The van der Waals surface area contributed by atoms with Gasteiger partial charge in [0.15, 0.2) is 5.69 Å². The van der Waals surface area contributed by atoms with Crippen molar-refractivity contribution in [2.75, 3.05) is 25.1 Å². The number of hydrogen-bond acceptors (Lipinski definition) is 8. The molecule has 2 aliphatic rings. The molecule has 0 spiro atoms. The van der Waals surface area contributed by atoms with Crippen LogP contribution in [0, 0.1) is 0 Å². The molecule has 0 saturated carbocycles. The van der Waals surface area contributed by atoms with Crippen molar-refractivity contribution < 1.29 is 72.5 Å². The minimum absolute atomic E-state index is 0.0374. The molecule has 1 N–H and O–H groups in total. The number of methoxy groups -OCH3 is 1. The minimum Gasteiger partial charge on any atom is -0.496 e. The largest absolute Gasteiger partial charge is 0.496 e. The Bertz CT molecular complexity index is 2090. The first-order valence-electron chi connectivity index (χ1n) is 15.3. The number of halogens is 11. The fourth-order valence-corrected chi connectivity index (χ4v) is 6.03. The highest BCUT2D eigenvalue weighted by atomic mass is 19.4. The molecule has 4 aromatic rings. The van der Waals surface area contributed by atoms with Crippen LogP contribution in [0.1, 0.15) is 51.5 Å². The van der Waals surface area contributed by atoms with Crippen molar-refractivity contribution >= 4 is 18.0 Å². The second-order valence-electron chi connectivity index (χ2n) is 12.3. The van der Waals surface area contributed by atoms with Crippen LogP contribution in [0.4, 0.5) is 59.0 Å². The van der Waals surface area contributed by atoms with Gasteiger partial charge in [-0.05, 0) is 48.9 Å². The Morgan fingerprint density at radius 3 is 2.11 bits per heavy atom. The standard InChI is InChI=1S/C32H23F11N6O5/c1-14-24(15-5-16(30(35,36)37)7-17(6-15)31(38,39)40)54-28(52)48(14)11-22-20(9-44-27(46-22)47-12-29(33,34)13-47)19-8-18(3-4-23(19)53-2)49-25(32(41,42)43)21(10-45-49)26(50)51/h3-10,14,24H,11-13H2,1-2H3,(H,50,51). The van der Waals surface area contributed by atoms with Crippen LogP contribution in [-0.4, -0.2) is 74.0 Å². The van der Waals surface area contributed by atoms with Crippen LogP contribution in [0.25, 0.3) is 16.8 Å². The summed E-state index contributed by atoms with van der Waals surface area (Å²) in [4.78, 5) is 35.2. The van der Waals surface area contributed by atoms with E-state index in [0.29, 0.717) is 23.0 Å². The number of alkyl halides is 11. The van der Waals surface area contributed by atoms with E-state index >= 15 is 0 Å². The van der Waals surface area contributed by atoms with E-state index in [9.17, 15) is 63.0 Å². The van der Waals surface area contributed by atoms with Gasteiger partial charge in [-0.25, -0.2) is 33.0 Å². The fraction of sp³-hybridized carbons (Fsp3) is 0.344. The number of rotatable bonds is 8. The van der Waals surface area contributed by atoms with Crippen molar-refractivity contribution in [1.82, 2.24) is 24.6 Å². The molecule has 6 rings (SSSR count). The van der Waals surface area contributed by atoms with Crippen molar-refractivity contribution in [3.63, 3.8) is 0 Å². The van der Waals surface area contributed by atoms with Crippen LogP contribution in [0.15, 0.2) is 48.8 Å². The summed E-state index contributed by atoms with van der Waals surface area (Å²) < 4.78 is 162. The van der Waals surface area contributed by atoms with E-state index in [0.717, 1.165) is 28.1 Å². The Balaban J connectivity index is 1.44. The first kappa shape index (κ1) is 38.0. The summed E-state index contributed by atoms with van der Waals surface area (Å²) in [5.41, 5.74) is -7.44. The summed E-state index contributed by atoms with van der Waals surface area (Å²) in [6.07, 6.45) is -16.9. The third-order valence-electron chi connectivity index (χ3n) is 8.62. The monoisotopic (exact) mass is 780 g/mol. The molecule has 288 valence electrons. The fourth-order valence-electron chi connectivity index (χ4n) is 6.03. The van der Waals surface area contributed by atoms with Crippen LogP contribution in [0.5, 0.6) is 5.75 Å². The average molecular weight is 781 g/mol. The zero-order chi connectivity index (χ0) is 39.7. The number of carboxylic acid groups (broad SMARTS) is 1. The Hall–Kier alpha value is -5.70. The van der Waals surface area contributed by atoms with Gasteiger partial charge in [0.1, 0.15) is 17.4 Å². The molecule has 0 aliphatic carbocycles. The number of amides is 1. The number of aromatic carboxylic acids is 1. The van der Waals surface area contributed by atoms with Crippen LogP contribution in [-0.2, 0) is 29.8 Å². The maximum Gasteiger partial charge on any atom is 0.434 e. The second kappa shape index (κ2) is 13.0. The lowest BCUT2D eigenvalue weighted by atomic mass is 9.97. The Morgan fingerprint density at radius 2 is 1.57 bits per heavy atom. The molecule has 11 nitrogen and oxygen atoms in total. The average Bonchev–Trinajstić information content (AvgIpc) is 3.64. The smallest absolute Gasteiger partial charge is 0.434 e. The normalized spacial score (nSPS) is 18.8. The molecule has 22 heteroatoms. The Kier molecular flexibility index (Phi) is 9.16.